The minimum atomic E-state index is -3.41. The lowest BCUT2D eigenvalue weighted by Gasteiger charge is -2.23. The van der Waals surface area contributed by atoms with Gasteiger partial charge in [-0.2, -0.15) is 4.72 Å². The molecule has 4 nitrogen and oxygen atoms in total. The van der Waals surface area contributed by atoms with Crippen LogP contribution in [0, 0.1) is 0 Å². The van der Waals surface area contributed by atoms with Crippen molar-refractivity contribution in [3.63, 3.8) is 0 Å². The normalized spacial score (nSPS) is 21.4. The zero-order valence-electron chi connectivity index (χ0n) is 9.02. The first kappa shape index (κ1) is 13.4. The van der Waals surface area contributed by atoms with Crippen LogP contribution in [0.2, 0.25) is 0 Å². The van der Waals surface area contributed by atoms with Crippen LogP contribution < -0.4 is 10.0 Å². The minimum absolute atomic E-state index is 0.0857. The second kappa shape index (κ2) is 5.71. The van der Waals surface area contributed by atoms with Gasteiger partial charge in [-0.15, -0.1) is 11.8 Å². The summed E-state index contributed by atoms with van der Waals surface area (Å²) in [6.07, 6.45) is 0. The number of hydrogen-bond acceptors (Lipinski definition) is 4. The molecule has 1 aromatic rings. The Labute approximate surface area is 114 Å². The van der Waals surface area contributed by atoms with E-state index in [-0.39, 0.29) is 5.37 Å². The van der Waals surface area contributed by atoms with E-state index in [1.807, 2.05) is 0 Å². The molecule has 0 aliphatic carbocycles. The number of halogens is 1. The third-order valence-corrected chi connectivity index (χ3v) is 5.63. The van der Waals surface area contributed by atoms with Gasteiger partial charge in [-0.25, -0.2) is 8.42 Å². The Morgan fingerprint density at radius 2 is 2.06 bits per heavy atom. The van der Waals surface area contributed by atoms with Crippen molar-refractivity contribution in [1.29, 1.82) is 0 Å². The van der Waals surface area contributed by atoms with Crippen molar-refractivity contribution in [2.45, 2.75) is 10.3 Å². The second-order valence-electron chi connectivity index (χ2n) is 3.64. The summed E-state index contributed by atoms with van der Waals surface area (Å²) in [5.74, 6) is 0.924. The quantitative estimate of drug-likeness (QED) is 0.875. The molecule has 2 rings (SSSR count). The summed E-state index contributed by atoms with van der Waals surface area (Å²) in [6.45, 7) is 1.60. The van der Waals surface area contributed by atoms with Crippen molar-refractivity contribution in [2.75, 3.05) is 18.8 Å². The molecule has 1 atom stereocenters. The Hall–Kier alpha value is -0.0800. The highest BCUT2D eigenvalue weighted by atomic mass is 79.9. The summed E-state index contributed by atoms with van der Waals surface area (Å²) in [6, 6.07) is 6.63. The lowest BCUT2D eigenvalue weighted by molar-refractivity contribution is 0.568. The van der Waals surface area contributed by atoms with Crippen molar-refractivity contribution >= 4 is 37.7 Å². The number of hydrogen-bond donors (Lipinski definition) is 2. The van der Waals surface area contributed by atoms with Crippen molar-refractivity contribution < 1.29 is 8.42 Å². The van der Waals surface area contributed by atoms with Crippen LogP contribution in [0.25, 0.3) is 0 Å². The van der Waals surface area contributed by atoms with E-state index in [4.69, 9.17) is 0 Å². The summed E-state index contributed by atoms with van der Waals surface area (Å²) < 4.78 is 27.6. The summed E-state index contributed by atoms with van der Waals surface area (Å²) in [5.41, 5.74) is 0. The molecule has 0 spiro atoms. The smallest absolute Gasteiger partial charge is 0.241 e. The lowest BCUT2D eigenvalue weighted by atomic mass is 10.4. The van der Waals surface area contributed by atoms with Gasteiger partial charge in [-0.05, 0) is 24.3 Å². The summed E-state index contributed by atoms with van der Waals surface area (Å²) in [4.78, 5) is 0.298. The maximum Gasteiger partial charge on any atom is 0.241 e. The van der Waals surface area contributed by atoms with Crippen LogP contribution in [0.15, 0.2) is 33.6 Å². The Morgan fingerprint density at radius 3 is 2.65 bits per heavy atom. The average molecular weight is 337 g/mol. The van der Waals surface area contributed by atoms with Crippen molar-refractivity contribution in [1.82, 2.24) is 10.0 Å². The number of nitrogens with one attached hydrogen (secondary N) is 2. The predicted molar refractivity (Wildman–Crippen MR) is 73.6 cm³/mol. The predicted octanol–water partition coefficient (Wildman–Crippen LogP) is 1.39. The van der Waals surface area contributed by atoms with Crippen LogP contribution >= 0.6 is 27.7 Å². The molecule has 1 saturated heterocycles. The number of rotatable bonds is 3. The highest BCUT2D eigenvalue weighted by molar-refractivity contribution is 9.10. The van der Waals surface area contributed by atoms with E-state index in [0.29, 0.717) is 11.4 Å². The Morgan fingerprint density at radius 1 is 1.35 bits per heavy atom. The van der Waals surface area contributed by atoms with Crippen molar-refractivity contribution in [3.8, 4) is 0 Å². The average Bonchev–Trinajstić information content (AvgIpc) is 2.30. The van der Waals surface area contributed by atoms with E-state index in [2.05, 4.69) is 26.0 Å². The van der Waals surface area contributed by atoms with E-state index in [0.717, 1.165) is 16.8 Å². The van der Waals surface area contributed by atoms with Gasteiger partial charge in [-0.1, -0.05) is 15.9 Å². The summed E-state index contributed by atoms with van der Waals surface area (Å²) in [7, 11) is -3.41. The van der Waals surface area contributed by atoms with Gasteiger partial charge in [0.05, 0.1) is 10.3 Å². The van der Waals surface area contributed by atoms with Gasteiger partial charge >= 0.3 is 0 Å². The molecule has 94 valence electrons. The molecule has 0 aromatic heterocycles. The van der Waals surface area contributed by atoms with Gasteiger partial charge in [0, 0.05) is 23.3 Å². The number of sulfonamides is 1. The molecule has 1 aliphatic heterocycles. The van der Waals surface area contributed by atoms with Gasteiger partial charge in [0.15, 0.2) is 0 Å². The van der Waals surface area contributed by atoms with Gasteiger partial charge < -0.3 is 5.32 Å². The first-order chi connectivity index (χ1) is 8.08. The Bertz CT molecular complexity index is 470. The molecule has 0 amide bonds. The molecular formula is C10H13BrN2O2S2. The molecule has 0 saturated carbocycles. The van der Waals surface area contributed by atoms with Gasteiger partial charge in [0.25, 0.3) is 0 Å². The highest BCUT2D eigenvalue weighted by Gasteiger charge is 2.21. The van der Waals surface area contributed by atoms with Crippen molar-refractivity contribution in [2.24, 2.45) is 0 Å². The maximum atomic E-state index is 12.0. The first-order valence-corrected chi connectivity index (χ1v) is 8.51. The molecule has 1 aromatic carbocycles. The van der Waals surface area contributed by atoms with Gasteiger partial charge in [-0.3, -0.25) is 0 Å². The topological polar surface area (TPSA) is 58.2 Å². The first-order valence-electron chi connectivity index (χ1n) is 5.18. The van der Waals surface area contributed by atoms with Crippen LogP contribution in [-0.4, -0.2) is 32.6 Å². The van der Waals surface area contributed by atoms with Crippen molar-refractivity contribution in [3.05, 3.63) is 28.7 Å². The van der Waals surface area contributed by atoms with Crippen LogP contribution in [0.5, 0.6) is 0 Å². The van der Waals surface area contributed by atoms with E-state index in [1.165, 1.54) is 0 Å². The largest absolute Gasteiger partial charge is 0.313 e. The van der Waals surface area contributed by atoms with E-state index >= 15 is 0 Å². The molecule has 1 aliphatic rings. The zero-order valence-corrected chi connectivity index (χ0v) is 12.2. The number of thioether (sulfide) groups is 1. The van der Waals surface area contributed by atoms with Crippen LogP contribution in [0.4, 0.5) is 0 Å². The van der Waals surface area contributed by atoms with Crippen LogP contribution in [0.1, 0.15) is 0 Å². The Balaban J connectivity index is 2.10. The fourth-order valence-corrected chi connectivity index (χ4v) is 4.25. The van der Waals surface area contributed by atoms with Gasteiger partial charge in [0.1, 0.15) is 0 Å². The Kier molecular flexibility index (Phi) is 4.48. The highest BCUT2D eigenvalue weighted by Crippen LogP contribution is 2.17. The lowest BCUT2D eigenvalue weighted by Crippen LogP contribution is -2.44. The van der Waals surface area contributed by atoms with Crippen LogP contribution in [-0.2, 0) is 10.0 Å². The van der Waals surface area contributed by atoms with E-state index < -0.39 is 10.0 Å². The molecular weight excluding hydrogens is 324 g/mol. The monoisotopic (exact) mass is 336 g/mol. The molecule has 0 unspecified atom stereocenters. The van der Waals surface area contributed by atoms with E-state index in [1.54, 1.807) is 36.0 Å². The maximum absolute atomic E-state index is 12.0. The summed E-state index contributed by atoms with van der Waals surface area (Å²) in [5, 5.41) is 3.08. The van der Waals surface area contributed by atoms with E-state index in [9.17, 15) is 8.42 Å². The SMILES string of the molecule is O=S(=O)(N[C@H]1CNCCS1)c1ccc(Br)cc1. The van der Waals surface area contributed by atoms with Gasteiger partial charge in [0.2, 0.25) is 10.0 Å². The third-order valence-electron chi connectivity index (χ3n) is 2.34. The molecule has 1 fully saturated rings. The number of benzene rings is 1. The summed E-state index contributed by atoms with van der Waals surface area (Å²) >= 11 is 4.91. The van der Waals surface area contributed by atoms with Crippen LogP contribution in [0.3, 0.4) is 0 Å². The minimum Gasteiger partial charge on any atom is -0.313 e. The molecule has 2 N–H and O–H groups in total. The zero-order chi connectivity index (χ0) is 12.3. The third kappa shape index (κ3) is 3.69. The standard InChI is InChI=1S/C10H13BrN2O2S2/c11-8-1-3-9(4-2-8)17(14,15)13-10-7-12-5-6-16-10/h1-4,10,12-13H,5-7H2/t10-/m1/s1. The molecule has 0 radical (unpaired) electrons. The molecule has 17 heavy (non-hydrogen) atoms. The molecule has 7 heteroatoms. The molecule has 1 heterocycles. The fourth-order valence-electron chi connectivity index (χ4n) is 1.50. The molecule has 0 bridgehead atoms. The second-order valence-corrected chi connectivity index (χ2v) is 7.58. The fraction of sp³-hybridized carbons (Fsp3) is 0.400.